The maximum atomic E-state index is 2.79. The molecule has 2 aliphatic heterocycles. The quantitative estimate of drug-likeness (QED) is 0.163. The van der Waals surface area contributed by atoms with E-state index in [4.69, 9.17) is 0 Å². The third kappa shape index (κ3) is 6.88. The number of hydrogen-bond donors (Lipinski definition) is 0. The number of anilines is 6. The minimum absolute atomic E-state index is 0.350. The van der Waals surface area contributed by atoms with Gasteiger partial charge in [0.2, 0.25) is 0 Å². The van der Waals surface area contributed by atoms with Gasteiger partial charge in [-0.3, -0.25) is 0 Å². The van der Waals surface area contributed by atoms with Gasteiger partial charge in [-0.2, -0.15) is 0 Å². The second kappa shape index (κ2) is 20.8. The fourth-order valence-electron chi connectivity index (χ4n) is 23.0. The highest BCUT2D eigenvalue weighted by Gasteiger charge is 2.60. The zero-order valence-corrected chi connectivity index (χ0v) is 59.2. The summed E-state index contributed by atoms with van der Waals surface area (Å²) in [6.45, 7) is -0.350. The molecule has 0 atom stereocenters. The van der Waals surface area contributed by atoms with Crippen molar-refractivity contribution in [1.29, 1.82) is 0 Å². The lowest BCUT2D eigenvalue weighted by Crippen LogP contribution is -2.62. The number of rotatable bonds is 4. The molecule has 0 N–H and O–H groups in total. The van der Waals surface area contributed by atoms with E-state index in [1.165, 1.54) is 183 Å². The van der Waals surface area contributed by atoms with Gasteiger partial charge in [0.15, 0.2) is 0 Å². The van der Waals surface area contributed by atoms with Crippen molar-refractivity contribution in [3.05, 3.63) is 443 Å². The number of aromatic nitrogens is 1. The van der Waals surface area contributed by atoms with Crippen molar-refractivity contribution in [2.24, 2.45) is 0 Å². The molecule has 3 heterocycles. The van der Waals surface area contributed by atoms with Crippen LogP contribution in [0.15, 0.2) is 376 Å². The van der Waals surface area contributed by atoms with Crippen LogP contribution in [0.5, 0.6) is 0 Å². The fraction of sp³-hybridized carbons (Fsp3) is 0.0286. The molecular formula is C105H62BN3. The zero-order valence-electron chi connectivity index (χ0n) is 59.2. The second-order valence-electron chi connectivity index (χ2n) is 31.0. The largest absolute Gasteiger partial charge is 0.311 e. The Bertz CT molecular complexity index is 6960. The van der Waals surface area contributed by atoms with Crippen molar-refractivity contribution < 1.29 is 0 Å². The molecule has 0 bridgehead atoms. The molecule has 6 aliphatic carbocycles. The number of fused-ring (bicyclic) bond motifs is 39. The Hall–Kier alpha value is -13.8. The van der Waals surface area contributed by atoms with Crippen LogP contribution in [0.25, 0.3) is 105 Å². The van der Waals surface area contributed by atoms with E-state index in [2.05, 4.69) is 390 Å². The van der Waals surface area contributed by atoms with Crippen LogP contribution in [-0.2, 0) is 16.2 Å². The molecule has 3 nitrogen and oxygen atoms in total. The smallest absolute Gasteiger partial charge is 0.253 e. The molecule has 0 amide bonds. The van der Waals surface area contributed by atoms with Crippen LogP contribution in [0, 0.1) is 0 Å². The Kier molecular flexibility index (Phi) is 11.2. The molecule has 0 unspecified atom stereocenters. The maximum Gasteiger partial charge on any atom is 0.253 e. The van der Waals surface area contributed by atoms with E-state index in [0.717, 1.165) is 39.5 Å². The lowest BCUT2D eigenvalue weighted by Gasteiger charge is -2.46. The summed E-state index contributed by atoms with van der Waals surface area (Å²) in [6.07, 6.45) is 0. The number of para-hydroxylation sites is 2. The number of benzene rings is 17. The molecule has 0 fully saturated rings. The van der Waals surface area contributed by atoms with E-state index in [9.17, 15) is 0 Å². The minimum atomic E-state index is -0.637. The van der Waals surface area contributed by atoms with Crippen LogP contribution in [0.4, 0.5) is 34.1 Å². The first-order chi connectivity index (χ1) is 54.1. The van der Waals surface area contributed by atoms with Gasteiger partial charge in [0, 0.05) is 44.8 Å². The average molecular weight is 1380 g/mol. The van der Waals surface area contributed by atoms with Crippen LogP contribution < -0.4 is 26.2 Å². The highest BCUT2D eigenvalue weighted by molar-refractivity contribution is 7.02. The van der Waals surface area contributed by atoms with Gasteiger partial charge in [0.05, 0.1) is 38.7 Å². The SMILES string of the molecule is c1ccc(-c2ccc(N3c4cc(-n5c6ccccc6c6ccccc65)cc5c4B(c4c3ccc3c4-c4ccccc4C34c3ccccc3-c3ccccc34)c3c(ccc4c3-c3ccccc3C43c4ccccc4-c4ccccc43)N5c3cccc4c3-c3ccccc3C43c4ccccc4-c4ccccc43)cc2)cc1. The lowest BCUT2D eigenvalue weighted by molar-refractivity contribution is 0.793. The summed E-state index contributed by atoms with van der Waals surface area (Å²) in [5.41, 5.74) is 46.0. The highest BCUT2D eigenvalue weighted by Crippen LogP contribution is 2.69. The summed E-state index contributed by atoms with van der Waals surface area (Å²) in [4.78, 5) is 5.48. The van der Waals surface area contributed by atoms with Crippen LogP contribution in [0.1, 0.15) is 66.8 Å². The van der Waals surface area contributed by atoms with Crippen LogP contribution in [0.2, 0.25) is 0 Å². The monoisotopic (exact) mass is 1380 g/mol. The van der Waals surface area contributed by atoms with Crippen molar-refractivity contribution >= 4 is 79.0 Å². The van der Waals surface area contributed by atoms with Gasteiger partial charge in [-0.25, -0.2) is 0 Å². The molecule has 1 aromatic heterocycles. The molecular weight excluding hydrogens is 1310 g/mol. The Balaban J connectivity index is 0.866. The zero-order chi connectivity index (χ0) is 70.7. The predicted molar refractivity (Wildman–Crippen MR) is 449 cm³/mol. The van der Waals surface area contributed by atoms with Gasteiger partial charge >= 0.3 is 0 Å². The van der Waals surface area contributed by atoms with E-state index in [0.29, 0.717) is 0 Å². The number of hydrogen-bond acceptors (Lipinski definition) is 2. The van der Waals surface area contributed by atoms with E-state index >= 15 is 0 Å². The highest BCUT2D eigenvalue weighted by atomic mass is 15.2. The van der Waals surface area contributed by atoms with Crippen LogP contribution in [-0.4, -0.2) is 11.3 Å². The van der Waals surface area contributed by atoms with Gasteiger partial charge in [-0.05, 0) is 210 Å². The molecule has 4 heteroatoms. The van der Waals surface area contributed by atoms with E-state index in [-0.39, 0.29) is 6.71 Å². The molecule has 0 saturated heterocycles. The summed E-state index contributed by atoms with van der Waals surface area (Å²) in [6, 6.07) is 146. The van der Waals surface area contributed by atoms with E-state index in [1.807, 2.05) is 0 Å². The van der Waals surface area contributed by atoms with Crippen molar-refractivity contribution in [1.82, 2.24) is 4.57 Å². The molecule has 109 heavy (non-hydrogen) atoms. The molecule has 17 aromatic carbocycles. The first-order valence-electron chi connectivity index (χ1n) is 38.4. The fourth-order valence-corrected chi connectivity index (χ4v) is 23.0. The third-order valence-electron chi connectivity index (χ3n) is 26.6. The summed E-state index contributed by atoms with van der Waals surface area (Å²) < 4.78 is 2.57. The second-order valence-corrected chi connectivity index (χ2v) is 31.0. The van der Waals surface area contributed by atoms with Crippen molar-refractivity contribution in [3.8, 4) is 83.6 Å². The minimum Gasteiger partial charge on any atom is -0.311 e. The summed E-state index contributed by atoms with van der Waals surface area (Å²) in [5.74, 6) is 0. The van der Waals surface area contributed by atoms with E-state index < -0.39 is 16.2 Å². The van der Waals surface area contributed by atoms with Crippen molar-refractivity contribution in [2.45, 2.75) is 16.2 Å². The third-order valence-corrected chi connectivity index (χ3v) is 26.6. The molecule has 8 aliphatic rings. The van der Waals surface area contributed by atoms with Crippen molar-refractivity contribution in [2.75, 3.05) is 9.80 Å². The van der Waals surface area contributed by atoms with Gasteiger partial charge < -0.3 is 14.4 Å². The van der Waals surface area contributed by atoms with Crippen LogP contribution in [0.3, 0.4) is 0 Å². The summed E-state index contributed by atoms with van der Waals surface area (Å²) >= 11 is 0. The van der Waals surface area contributed by atoms with Gasteiger partial charge in [-0.15, -0.1) is 0 Å². The summed E-state index contributed by atoms with van der Waals surface area (Å²) in [5, 5.41) is 2.44. The Labute approximate surface area is 631 Å². The van der Waals surface area contributed by atoms with E-state index in [1.54, 1.807) is 0 Å². The molecule has 500 valence electrons. The van der Waals surface area contributed by atoms with Crippen molar-refractivity contribution in [3.63, 3.8) is 0 Å². The Morgan fingerprint density at radius 2 is 0.514 bits per heavy atom. The average Bonchev–Trinajstić information content (AvgIpc) is 1.52. The molecule has 0 saturated carbocycles. The normalized spacial score (nSPS) is 15.0. The van der Waals surface area contributed by atoms with Gasteiger partial charge in [0.25, 0.3) is 6.71 Å². The van der Waals surface area contributed by atoms with Gasteiger partial charge in [-0.1, -0.05) is 322 Å². The Morgan fingerprint density at radius 3 is 0.945 bits per heavy atom. The lowest BCUT2D eigenvalue weighted by atomic mass is 9.31. The Morgan fingerprint density at radius 1 is 0.193 bits per heavy atom. The molecule has 0 radical (unpaired) electrons. The predicted octanol–water partition coefficient (Wildman–Crippen LogP) is 23.6. The standard InChI is InChI=1S/C105H62BN3/c1-2-27-63(28-3-1)64-53-55-65(56-54-64)107-93-59-57-88-98(76-38-11-22-47-85(76)104(88)80-42-17-6-31-69(80)70-32-7-18-43-81(70)104)101(93)106-100-95(107)61-66(108-90-50-24-13-35-73(90)74-36-14-25-51-91(74)108)62-96(100)109(92-52-26-49-87-97(92)75-37-10-21-46-84(75)103(87)78-40-15-4-29-67(78)68-30-5-16-41-79(68)103)94-60-58-89-99(102(94)106)77-39-12-23-48-86(77)105(89)82-44-19-8-33-71(82)72-34-9-20-45-83(72)105/h1-62H. The molecule has 26 rings (SSSR count). The maximum absolute atomic E-state index is 2.79. The first kappa shape index (κ1) is 58.5. The number of nitrogens with zero attached hydrogens (tertiary/aromatic N) is 3. The summed E-state index contributed by atoms with van der Waals surface area (Å²) in [7, 11) is 0. The molecule has 3 spiro atoms. The first-order valence-corrected chi connectivity index (χ1v) is 38.4. The van der Waals surface area contributed by atoms with Crippen LogP contribution >= 0.6 is 0 Å². The molecule has 18 aromatic rings. The topological polar surface area (TPSA) is 11.4 Å². The van der Waals surface area contributed by atoms with Gasteiger partial charge in [0.1, 0.15) is 0 Å².